The molecular weight excluding hydrogens is 261 g/mol. The Morgan fingerprint density at radius 2 is 2.05 bits per heavy atom. The van der Waals surface area contributed by atoms with E-state index in [-0.39, 0.29) is 17.9 Å². The van der Waals surface area contributed by atoms with Crippen LogP contribution in [0.5, 0.6) is 0 Å². The lowest BCUT2D eigenvalue weighted by Gasteiger charge is -2.01. The molecule has 0 aliphatic carbocycles. The van der Waals surface area contributed by atoms with E-state index in [0.29, 0.717) is 0 Å². The summed E-state index contributed by atoms with van der Waals surface area (Å²) in [6.45, 7) is 0. The van der Waals surface area contributed by atoms with Crippen molar-refractivity contribution in [2.75, 3.05) is 0 Å². The molecule has 19 heavy (non-hydrogen) atoms. The number of carbonyl (C=O) groups excluding carboxylic acids is 1. The normalized spacial score (nSPS) is 10.8. The number of Topliss-reactive ketones (excluding diaryl/α,β-unsaturated/α-hetero) is 1. The Labute approximate surface area is 113 Å². The Morgan fingerprint density at radius 1 is 1.21 bits per heavy atom. The highest BCUT2D eigenvalue weighted by Crippen LogP contribution is 2.26. The molecule has 0 saturated heterocycles. The zero-order chi connectivity index (χ0) is 13.2. The molecule has 94 valence electrons. The van der Waals surface area contributed by atoms with Gasteiger partial charge in [-0.2, -0.15) is 0 Å². The first-order chi connectivity index (χ1) is 9.25. The minimum absolute atomic E-state index is 0.0854. The second-order valence-electron chi connectivity index (χ2n) is 4.19. The molecule has 0 bridgehead atoms. The average molecular weight is 271 g/mol. The minimum atomic E-state index is -0.563. The van der Waals surface area contributed by atoms with Crippen LogP contribution in [0.15, 0.2) is 48.0 Å². The number of carbonyl (C=O) groups is 1. The van der Waals surface area contributed by atoms with Crippen LogP contribution in [-0.4, -0.2) is 10.8 Å². The van der Waals surface area contributed by atoms with Crippen molar-refractivity contribution in [2.45, 2.75) is 6.42 Å². The Hall–Kier alpha value is -2.07. The Kier molecular flexibility index (Phi) is 3.09. The lowest BCUT2D eigenvalue weighted by Crippen LogP contribution is -2.08. The SMILES string of the molecule is O=C(Cc1csc2ccccc12)c1ncccc1F. The van der Waals surface area contributed by atoms with Crippen molar-refractivity contribution < 1.29 is 9.18 Å². The predicted molar refractivity (Wildman–Crippen MR) is 74.1 cm³/mol. The summed E-state index contributed by atoms with van der Waals surface area (Å²) in [6, 6.07) is 10.6. The van der Waals surface area contributed by atoms with Crippen LogP contribution in [0.1, 0.15) is 16.1 Å². The Morgan fingerprint density at radius 3 is 2.89 bits per heavy atom. The Bertz CT molecular complexity index is 750. The maximum absolute atomic E-state index is 13.5. The standard InChI is InChI=1S/C15H10FNOS/c16-12-5-3-7-17-15(12)13(18)8-10-9-19-14-6-2-1-4-11(10)14/h1-7,9H,8H2. The van der Waals surface area contributed by atoms with Gasteiger partial charge in [0.2, 0.25) is 0 Å². The fourth-order valence-electron chi connectivity index (χ4n) is 2.02. The number of fused-ring (bicyclic) bond motifs is 1. The highest BCUT2D eigenvalue weighted by atomic mass is 32.1. The summed E-state index contributed by atoms with van der Waals surface area (Å²) in [6.07, 6.45) is 1.61. The summed E-state index contributed by atoms with van der Waals surface area (Å²) in [4.78, 5) is 15.9. The van der Waals surface area contributed by atoms with Crippen molar-refractivity contribution in [1.82, 2.24) is 4.98 Å². The van der Waals surface area contributed by atoms with Gasteiger partial charge in [0.1, 0.15) is 5.69 Å². The summed E-state index contributed by atoms with van der Waals surface area (Å²) in [5.41, 5.74) is 0.841. The lowest BCUT2D eigenvalue weighted by molar-refractivity contribution is 0.0984. The summed E-state index contributed by atoms with van der Waals surface area (Å²) in [7, 11) is 0. The average Bonchev–Trinajstić information content (AvgIpc) is 2.83. The molecule has 0 amide bonds. The van der Waals surface area contributed by atoms with Gasteiger partial charge in [0, 0.05) is 17.3 Å². The molecule has 0 radical (unpaired) electrons. The first-order valence-electron chi connectivity index (χ1n) is 5.84. The molecule has 0 spiro atoms. The van der Waals surface area contributed by atoms with E-state index in [1.165, 1.54) is 18.3 Å². The quantitative estimate of drug-likeness (QED) is 0.677. The van der Waals surface area contributed by atoms with Crippen LogP contribution in [0.3, 0.4) is 0 Å². The molecule has 0 atom stereocenters. The van der Waals surface area contributed by atoms with E-state index in [9.17, 15) is 9.18 Å². The summed E-state index contributed by atoms with van der Waals surface area (Å²) >= 11 is 1.59. The van der Waals surface area contributed by atoms with Crippen molar-refractivity contribution in [1.29, 1.82) is 0 Å². The number of ketones is 1. The third-order valence-corrected chi connectivity index (χ3v) is 3.95. The van der Waals surface area contributed by atoms with E-state index < -0.39 is 5.82 Å². The van der Waals surface area contributed by atoms with Crippen molar-refractivity contribution in [3.8, 4) is 0 Å². The minimum Gasteiger partial charge on any atom is -0.292 e. The van der Waals surface area contributed by atoms with Gasteiger partial charge in [-0.3, -0.25) is 9.78 Å². The lowest BCUT2D eigenvalue weighted by atomic mass is 10.1. The second-order valence-corrected chi connectivity index (χ2v) is 5.10. The van der Waals surface area contributed by atoms with Crippen molar-refractivity contribution in [3.05, 3.63) is 65.0 Å². The molecular formula is C15H10FNOS. The third-order valence-electron chi connectivity index (χ3n) is 2.93. The van der Waals surface area contributed by atoms with E-state index in [1.54, 1.807) is 11.3 Å². The van der Waals surface area contributed by atoms with Gasteiger partial charge in [-0.05, 0) is 34.5 Å². The van der Waals surface area contributed by atoms with Crippen molar-refractivity contribution in [3.63, 3.8) is 0 Å². The summed E-state index contributed by atoms with van der Waals surface area (Å²) in [5, 5.41) is 3.00. The fourth-order valence-corrected chi connectivity index (χ4v) is 2.98. The van der Waals surface area contributed by atoms with Gasteiger partial charge in [0.25, 0.3) is 0 Å². The molecule has 4 heteroatoms. The van der Waals surface area contributed by atoms with Gasteiger partial charge >= 0.3 is 0 Å². The monoisotopic (exact) mass is 271 g/mol. The van der Waals surface area contributed by atoms with Crippen LogP contribution < -0.4 is 0 Å². The van der Waals surface area contributed by atoms with Gasteiger partial charge < -0.3 is 0 Å². The number of halogens is 1. The van der Waals surface area contributed by atoms with Gasteiger partial charge in [0.05, 0.1) is 0 Å². The van der Waals surface area contributed by atoms with E-state index >= 15 is 0 Å². The summed E-state index contributed by atoms with van der Waals surface area (Å²) < 4.78 is 14.6. The van der Waals surface area contributed by atoms with Crippen molar-refractivity contribution >= 4 is 27.2 Å². The van der Waals surface area contributed by atoms with E-state index in [0.717, 1.165) is 15.6 Å². The summed E-state index contributed by atoms with van der Waals surface area (Å²) in [5.74, 6) is -0.853. The molecule has 1 aromatic carbocycles. The van der Waals surface area contributed by atoms with Crippen LogP contribution in [0, 0.1) is 5.82 Å². The molecule has 0 aliphatic rings. The highest BCUT2D eigenvalue weighted by Gasteiger charge is 2.15. The number of hydrogen-bond acceptors (Lipinski definition) is 3. The molecule has 2 heterocycles. The number of pyridine rings is 1. The van der Waals surface area contributed by atoms with Crippen LogP contribution in [0.25, 0.3) is 10.1 Å². The first-order valence-corrected chi connectivity index (χ1v) is 6.72. The highest BCUT2D eigenvalue weighted by molar-refractivity contribution is 7.17. The van der Waals surface area contributed by atoms with Crippen LogP contribution in [0.4, 0.5) is 4.39 Å². The van der Waals surface area contributed by atoms with Gasteiger partial charge in [0.15, 0.2) is 11.6 Å². The predicted octanol–water partition coefficient (Wildman–Crippen LogP) is 3.86. The second kappa shape index (κ2) is 4.90. The van der Waals surface area contributed by atoms with E-state index in [1.807, 2.05) is 29.6 Å². The Balaban J connectivity index is 1.94. The zero-order valence-electron chi connectivity index (χ0n) is 9.97. The smallest absolute Gasteiger partial charge is 0.188 e. The van der Waals surface area contributed by atoms with E-state index in [4.69, 9.17) is 0 Å². The molecule has 0 fully saturated rings. The molecule has 0 unspecified atom stereocenters. The molecule has 3 aromatic rings. The first kappa shape index (κ1) is 12.0. The maximum atomic E-state index is 13.5. The largest absolute Gasteiger partial charge is 0.292 e. The number of thiophene rings is 1. The number of aromatic nitrogens is 1. The van der Waals surface area contributed by atoms with Gasteiger partial charge in [-0.25, -0.2) is 4.39 Å². The molecule has 0 aliphatic heterocycles. The topological polar surface area (TPSA) is 30.0 Å². The van der Waals surface area contributed by atoms with Crippen LogP contribution in [0.2, 0.25) is 0 Å². The fraction of sp³-hybridized carbons (Fsp3) is 0.0667. The number of rotatable bonds is 3. The molecule has 0 N–H and O–H groups in total. The van der Waals surface area contributed by atoms with Gasteiger partial charge in [-0.15, -0.1) is 11.3 Å². The number of benzene rings is 1. The van der Waals surface area contributed by atoms with Crippen molar-refractivity contribution in [2.24, 2.45) is 0 Å². The van der Waals surface area contributed by atoms with Crippen LogP contribution in [-0.2, 0) is 6.42 Å². The molecule has 2 nitrogen and oxygen atoms in total. The van der Waals surface area contributed by atoms with Gasteiger partial charge in [-0.1, -0.05) is 18.2 Å². The third kappa shape index (κ3) is 2.27. The zero-order valence-corrected chi connectivity index (χ0v) is 10.8. The van der Waals surface area contributed by atoms with Crippen LogP contribution >= 0.6 is 11.3 Å². The molecule has 3 rings (SSSR count). The van der Waals surface area contributed by atoms with E-state index in [2.05, 4.69) is 4.98 Å². The molecule has 2 aromatic heterocycles. The maximum Gasteiger partial charge on any atom is 0.188 e. The molecule has 0 saturated carbocycles. The number of nitrogens with zero attached hydrogens (tertiary/aromatic N) is 1. The number of hydrogen-bond donors (Lipinski definition) is 0.